The lowest BCUT2D eigenvalue weighted by Crippen LogP contribution is -2.37. The van der Waals surface area contributed by atoms with Crippen LogP contribution in [0.2, 0.25) is 0 Å². The highest BCUT2D eigenvalue weighted by atomic mass is 15.2. The van der Waals surface area contributed by atoms with Gasteiger partial charge in [-0.2, -0.15) is 0 Å². The Balaban J connectivity index is 3.04. The fraction of sp³-hybridized carbons (Fsp3) is 0.600. The highest BCUT2D eigenvalue weighted by Gasteiger charge is 2.17. The summed E-state index contributed by atoms with van der Waals surface area (Å²) in [4.78, 5) is 2.46. The van der Waals surface area contributed by atoms with Gasteiger partial charge in [0.05, 0.1) is 11.4 Å². The van der Waals surface area contributed by atoms with E-state index >= 15 is 0 Å². The predicted molar refractivity (Wildman–Crippen MR) is 81.8 cm³/mol. The van der Waals surface area contributed by atoms with E-state index in [0.29, 0.717) is 23.3 Å². The molecule has 3 heteroatoms. The highest BCUT2D eigenvalue weighted by molar-refractivity contribution is 5.70. The van der Waals surface area contributed by atoms with E-state index < -0.39 is 0 Å². The van der Waals surface area contributed by atoms with E-state index in [0.717, 1.165) is 19.4 Å². The third kappa shape index (κ3) is 3.56. The van der Waals surface area contributed by atoms with Crippen LogP contribution in [0.15, 0.2) is 18.2 Å². The maximum atomic E-state index is 5.92. The van der Waals surface area contributed by atoms with E-state index in [1.54, 1.807) is 0 Å². The fourth-order valence-electron chi connectivity index (χ4n) is 2.33. The molecule has 0 aromatic heterocycles. The SMILES string of the molecule is CCC(CC)N(CC(C)C)c1ccc(N)c(N)c1. The van der Waals surface area contributed by atoms with Gasteiger partial charge in [-0.1, -0.05) is 27.7 Å². The Labute approximate surface area is 111 Å². The van der Waals surface area contributed by atoms with Crippen molar-refractivity contribution in [2.45, 2.75) is 46.6 Å². The summed E-state index contributed by atoms with van der Waals surface area (Å²) >= 11 is 0. The van der Waals surface area contributed by atoms with Crippen LogP contribution < -0.4 is 16.4 Å². The zero-order valence-electron chi connectivity index (χ0n) is 12.1. The molecule has 0 spiro atoms. The maximum absolute atomic E-state index is 5.92. The number of anilines is 3. The normalized spacial score (nSPS) is 11.2. The van der Waals surface area contributed by atoms with Crippen LogP contribution in [-0.2, 0) is 0 Å². The molecule has 0 heterocycles. The lowest BCUT2D eigenvalue weighted by molar-refractivity contribution is 0.507. The van der Waals surface area contributed by atoms with Crippen molar-refractivity contribution >= 4 is 17.1 Å². The number of nitrogen functional groups attached to an aromatic ring is 2. The van der Waals surface area contributed by atoms with Crippen molar-refractivity contribution in [2.75, 3.05) is 22.9 Å². The molecule has 0 amide bonds. The van der Waals surface area contributed by atoms with Crippen LogP contribution in [0.3, 0.4) is 0 Å². The molecular weight excluding hydrogens is 222 g/mol. The quantitative estimate of drug-likeness (QED) is 0.759. The Morgan fingerprint density at radius 1 is 1.06 bits per heavy atom. The summed E-state index contributed by atoms with van der Waals surface area (Å²) in [5, 5.41) is 0. The summed E-state index contributed by atoms with van der Waals surface area (Å²) < 4.78 is 0. The minimum atomic E-state index is 0.565. The van der Waals surface area contributed by atoms with Crippen LogP contribution >= 0.6 is 0 Å². The number of rotatable bonds is 6. The van der Waals surface area contributed by atoms with Gasteiger partial charge in [0.2, 0.25) is 0 Å². The minimum absolute atomic E-state index is 0.565. The summed E-state index contributed by atoms with van der Waals surface area (Å²) in [5.41, 5.74) is 14.2. The van der Waals surface area contributed by atoms with Crippen LogP contribution in [0.4, 0.5) is 17.1 Å². The Kier molecular flexibility index (Phi) is 5.32. The Hall–Kier alpha value is -1.38. The molecule has 1 rings (SSSR count). The summed E-state index contributed by atoms with van der Waals surface area (Å²) in [7, 11) is 0. The first-order valence-electron chi connectivity index (χ1n) is 6.91. The molecule has 0 aliphatic heterocycles. The molecule has 0 fully saturated rings. The van der Waals surface area contributed by atoms with Crippen molar-refractivity contribution in [3.05, 3.63) is 18.2 Å². The zero-order chi connectivity index (χ0) is 13.7. The number of nitrogens with zero attached hydrogens (tertiary/aromatic N) is 1. The van der Waals surface area contributed by atoms with Gasteiger partial charge in [0, 0.05) is 18.3 Å². The van der Waals surface area contributed by atoms with Crippen LogP contribution in [0.25, 0.3) is 0 Å². The molecule has 0 bridgehead atoms. The van der Waals surface area contributed by atoms with Crippen molar-refractivity contribution in [3.8, 4) is 0 Å². The van der Waals surface area contributed by atoms with Gasteiger partial charge in [0.15, 0.2) is 0 Å². The van der Waals surface area contributed by atoms with Crippen LogP contribution in [0, 0.1) is 5.92 Å². The van der Waals surface area contributed by atoms with E-state index in [2.05, 4.69) is 38.7 Å². The van der Waals surface area contributed by atoms with E-state index in [4.69, 9.17) is 11.5 Å². The second-order valence-corrected chi connectivity index (χ2v) is 5.33. The van der Waals surface area contributed by atoms with Gasteiger partial charge in [-0.05, 0) is 37.0 Å². The number of hydrogen-bond acceptors (Lipinski definition) is 3. The average molecular weight is 249 g/mol. The molecule has 4 N–H and O–H groups in total. The molecule has 0 radical (unpaired) electrons. The van der Waals surface area contributed by atoms with Gasteiger partial charge < -0.3 is 16.4 Å². The first-order valence-corrected chi connectivity index (χ1v) is 6.91. The van der Waals surface area contributed by atoms with Crippen molar-refractivity contribution in [1.29, 1.82) is 0 Å². The molecule has 0 aliphatic carbocycles. The van der Waals surface area contributed by atoms with Gasteiger partial charge in [0.25, 0.3) is 0 Å². The zero-order valence-corrected chi connectivity index (χ0v) is 12.1. The van der Waals surface area contributed by atoms with Crippen molar-refractivity contribution < 1.29 is 0 Å². The monoisotopic (exact) mass is 249 g/mol. The van der Waals surface area contributed by atoms with Gasteiger partial charge in [0.1, 0.15) is 0 Å². The second kappa shape index (κ2) is 6.53. The van der Waals surface area contributed by atoms with Crippen LogP contribution in [0.1, 0.15) is 40.5 Å². The first-order chi connectivity index (χ1) is 8.49. The number of benzene rings is 1. The van der Waals surface area contributed by atoms with Crippen molar-refractivity contribution in [1.82, 2.24) is 0 Å². The molecule has 0 saturated carbocycles. The van der Waals surface area contributed by atoms with Gasteiger partial charge in [-0.3, -0.25) is 0 Å². The van der Waals surface area contributed by atoms with Crippen LogP contribution in [-0.4, -0.2) is 12.6 Å². The molecule has 18 heavy (non-hydrogen) atoms. The second-order valence-electron chi connectivity index (χ2n) is 5.33. The molecule has 0 aliphatic rings. The topological polar surface area (TPSA) is 55.3 Å². The Morgan fingerprint density at radius 3 is 2.11 bits per heavy atom. The molecule has 102 valence electrons. The third-order valence-corrected chi connectivity index (χ3v) is 3.35. The highest BCUT2D eigenvalue weighted by Crippen LogP contribution is 2.27. The van der Waals surface area contributed by atoms with Crippen LogP contribution in [0.5, 0.6) is 0 Å². The molecule has 0 saturated heterocycles. The van der Waals surface area contributed by atoms with Gasteiger partial charge in [-0.15, -0.1) is 0 Å². The molecule has 0 unspecified atom stereocenters. The summed E-state index contributed by atoms with van der Waals surface area (Å²) in [6, 6.07) is 6.54. The molecule has 1 aromatic carbocycles. The molecule has 1 aromatic rings. The lowest BCUT2D eigenvalue weighted by Gasteiger charge is -2.34. The molecule has 0 atom stereocenters. The third-order valence-electron chi connectivity index (χ3n) is 3.35. The van der Waals surface area contributed by atoms with E-state index in [1.165, 1.54) is 5.69 Å². The number of nitrogens with two attached hydrogens (primary N) is 2. The average Bonchev–Trinajstić information content (AvgIpc) is 2.32. The lowest BCUT2D eigenvalue weighted by atomic mass is 10.1. The smallest absolute Gasteiger partial charge is 0.0568 e. The summed E-state index contributed by atoms with van der Waals surface area (Å²) in [5.74, 6) is 0.629. The first kappa shape index (κ1) is 14.7. The largest absolute Gasteiger partial charge is 0.397 e. The Bertz CT molecular complexity index is 370. The predicted octanol–water partition coefficient (Wildman–Crippen LogP) is 3.50. The number of hydrogen-bond donors (Lipinski definition) is 2. The maximum Gasteiger partial charge on any atom is 0.0568 e. The van der Waals surface area contributed by atoms with E-state index in [1.807, 2.05) is 12.1 Å². The van der Waals surface area contributed by atoms with E-state index in [9.17, 15) is 0 Å². The fourth-order valence-corrected chi connectivity index (χ4v) is 2.33. The summed E-state index contributed by atoms with van der Waals surface area (Å²) in [6.45, 7) is 10.0. The Morgan fingerprint density at radius 2 is 1.67 bits per heavy atom. The molecule has 3 nitrogen and oxygen atoms in total. The van der Waals surface area contributed by atoms with Gasteiger partial charge >= 0.3 is 0 Å². The van der Waals surface area contributed by atoms with Crippen molar-refractivity contribution in [2.24, 2.45) is 5.92 Å². The van der Waals surface area contributed by atoms with E-state index in [-0.39, 0.29) is 0 Å². The minimum Gasteiger partial charge on any atom is -0.397 e. The van der Waals surface area contributed by atoms with Crippen molar-refractivity contribution in [3.63, 3.8) is 0 Å². The standard InChI is InChI=1S/C15H27N3/c1-5-12(6-2)18(10-11(3)4)13-7-8-14(16)15(17)9-13/h7-9,11-12H,5-6,10,16-17H2,1-4H3. The van der Waals surface area contributed by atoms with Gasteiger partial charge in [-0.25, -0.2) is 0 Å². The molecular formula is C15H27N3. The summed E-state index contributed by atoms with van der Waals surface area (Å²) in [6.07, 6.45) is 2.29.